The molecule has 1 aromatic carbocycles. The summed E-state index contributed by atoms with van der Waals surface area (Å²) in [6.45, 7) is 9.46. The van der Waals surface area contributed by atoms with E-state index in [1.165, 1.54) is 5.69 Å². The van der Waals surface area contributed by atoms with Crippen molar-refractivity contribution in [2.24, 2.45) is 0 Å². The quantitative estimate of drug-likeness (QED) is 0.867. The molecule has 3 rings (SSSR count). The Kier molecular flexibility index (Phi) is 4.88. The summed E-state index contributed by atoms with van der Waals surface area (Å²) < 4.78 is 1.97. The van der Waals surface area contributed by atoms with Crippen LogP contribution in [0.5, 0.6) is 0 Å². The van der Waals surface area contributed by atoms with Crippen LogP contribution in [-0.2, 0) is 4.79 Å². The lowest BCUT2D eigenvalue weighted by molar-refractivity contribution is -0.132. The van der Waals surface area contributed by atoms with E-state index in [-0.39, 0.29) is 11.9 Å². The van der Waals surface area contributed by atoms with E-state index in [2.05, 4.69) is 47.3 Å². The zero-order valence-corrected chi connectivity index (χ0v) is 14.8. The molecule has 0 radical (unpaired) electrons. The minimum Gasteiger partial charge on any atom is -0.368 e. The molecule has 1 aromatic heterocycles. The summed E-state index contributed by atoms with van der Waals surface area (Å²) in [6, 6.07) is 12.6. The van der Waals surface area contributed by atoms with Gasteiger partial charge >= 0.3 is 0 Å². The molecule has 0 unspecified atom stereocenters. The number of para-hydroxylation sites is 1. The van der Waals surface area contributed by atoms with Crippen LogP contribution in [-0.4, -0.2) is 46.8 Å². The highest BCUT2D eigenvalue weighted by Crippen LogP contribution is 2.19. The van der Waals surface area contributed by atoms with Crippen LogP contribution in [0.2, 0.25) is 0 Å². The molecule has 0 N–H and O–H groups in total. The van der Waals surface area contributed by atoms with Gasteiger partial charge < -0.3 is 9.80 Å². The number of amides is 1. The van der Waals surface area contributed by atoms with Gasteiger partial charge in [0.1, 0.15) is 0 Å². The second-order valence-electron chi connectivity index (χ2n) is 6.63. The van der Waals surface area contributed by atoms with E-state index in [1.54, 1.807) is 0 Å². The van der Waals surface area contributed by atoms with Gasteiger partial charge in [0, 0.05) is 44.0 Å². The maximum Gasteiger partial charge on any atom is 0.224 e. The fraction of sp³-hybridized carbons (Fsp3) is 0.474. The normalized spacial score (nSPS) is 16.3. The van der Waals surface area contributed by atoms with Gasteiger partial charge in [0.25, 0.3) is 0 Å². The molecule has 1 saturated heterocycles. The minimum absolute atomic E-state index is 0.0957. The van der Waals surface area contributed by atoms with Crippen LogP contribution in [0.25, 0.3) is 0 Å². The molecule has 5 nitrogen and oxygen atoms in total. The summed E-state index contributed by atoms with van der Waals surface area (Å²) in [4.78, 5) is 16.9. The molecule has 2 aromatic rings. The summed E-state index contributed by atoms with van der Waals surface area (Å²) in [5, 5.41) is 4.50. The number of aryl methyl sites for hydroxylation is 2. The zero-order chi connectivity index (χ0) is 17.1. The van der Waals surface area contributed by atoms with E-state index in [4.69, 9.17) is 0 Å². The summed E-state index contributed by atoms with van der Waals surface area (Å²) in [7, 11) is 0. The average molecular weight is 326 g/mol. The van der Waals surface area contributed by atoms with Crippen LogP contribution < -0.4 is 4.90 Å². The highest BCUT2D eigenvalue weighted by molar-refractivity contribution is 5.77. The number of benzene rings is 1. The minimum atomic E-state index is 0.0957. The predicted molar refractivity (Wildman–Crippen MR) is 96.3 cm³/mol. The Morgan fingerprint density at radius 2 is 1.79 bits per heavy atom. The summed E-state index contributed by atoms with van der Waals surface area (Å²) in [5.41, 5.74) is 3.35. The number of anilines is 1. The molecule has 24 heavy (non-hydrogen) atoms. The molecule has 0 spiro atoms. The fourth-order valence-electron chi connectivity index (χ4n) is 3.41. The van der Waals surface area contributed by atoms with E-state index in [0.29, 0.717) is 6.42 Å². The van der Waals surface area contributed by atoms with Crippen molar-refractivity contribution in [3.05, 3.63) is 47.8 Å². The Labute approximate surface area is 143 Å². The second-order valence-corrected chi connectivity index (χ2v) is 6.63. The van der Waals surface area contributed by atoms with Gasteiger partial charge in [-0.1, -0.05) is 18.2 Å². The number of aromatic nitrogens is 2. The standard InChI is InChI=1S/C19H26N4O/c1-15-13-16(2)23(20-15)17(3)14-19(24)22-11-9-21(10-12-22)18-7-5-4-6-8-18/h4-8,13,17H,9-12,14H2,1-3H3/t17-/m1/s1. The van der Waals surface area contributed by atoms with E-state index in [0.717, 1.165) is 37.6 Å². The van der Waals surface area contributed by atoms with E-state index in [9.17, 15) is 4.79 Å². The molecular weight excluding hydrogens is 300 g/mol. The number of hydrogen-bond donors (Lipinski definition) is 0. The summed E-state index contributed by atoms with van der Waals surface area (Å²) >= 11 is 0. The molecule has 1 amide bonds. The van der Waals surface area contributed by atoms with Gasteiger partial charge in [-0.3, -0.25) is 9.48 Å². The van der Waals surface area contributed by atoms with Crippen molar-refractivity contribution in [3.8, 4) is 0 Å². The number of rotatable bonds is 4. The maximum absolute atomic E-state index is 12.6. The third-order valence-corrected chi connectivity index (χ3v) is 4.69. The van der Waals surface area contributed by atoms with Crippen LogP contribution in [0.3, 0.4) is 0 Å². The lowest BCUT2D eigenvalue weighted by atomic mass is 10.2. The second kappa shape index (κ2) is 7.07. The number of nitrogens with zero attached hydrogens (tertiary/aromatic N) is 4. The van der Waals surface area contributed by atoms with Crippen molar-refractivity contribution in [1.29, 1.82) is 0 Å². The smallest absolute Gasteiger partial charge is 0.224 e. The third-order valence-electron chi connectivity index (χ3n) is 4.69. The zero-order valence-electron chi connectivity index (χ0n) is 14.8. The first-order chi connectivity index (χ1) is 11.5. The molecular formula is C19H26N4O. The lowest BCUT2D eigenvalue weighted by Crippen LogP contribution is -2.49. The van der Waals surface area contributed by atoms with Crippen LogP contribution >= 0.6 is 0 Å². The number of piperazine rings is 1. The topological polar surface area (TPSA) is 41.4 Å². The van der Waals surface area contributed by atoms with Crippen molar-refractivity contribution in [3.63, 3.8) is 0 Å². The number of hydrogen-bond acceptors (Lipinski definition) is 3. The van der Waals surface area contributed by atoms with Gasteiger partial charge in [0.15, 0.2) is 0 Å². The van der Waals surface area contributed by atoms with Gasteiger partial charge in [-0.05, 0) is 39.0 Å². The molecule has 128 valence electrons. The average Bonchev–Trinajstić information content (AvgIpc) is 2.94. The Morgan fingerprint density at radius 1 is 1.12 bits per heavy atom. The Morgan fingerprint density at radius 3 is 2.38 bits per heavy atom. The molecule has 1 atom stereocenters. The Bertz CT molecular complexity index is 687. The molecule has 1 fully saturated rings. The predicted octanol–water partition coefficient (Wildman–Crippen LogP) is 2.80. The third kappa shape index (κ3) is 3.61. The molecule has 2 heterocycles. The Hall–Kier alpha value is -2.30. The first kappa shape index (κ1) is 16.6. The van der Waals surface area contributed by atoms with Gasteiger partial charge in [-0.15, -0.1) is 0 Å². The van der Waals surface area contributed by atoms with Crippen molar-refractivity contribution in [2.45, 2.75) is 33.2 Å². The number of carbonyl (C=O) groups is 1. The van der Waals surface area contributed by atoms with Crippen molar-refractivity contribution in [1.82, 2.24) is 14.7 Å². The molecule has 1 aliphatic rings. The van der Waals surface area contributed by atoms with Crippen molar-refractivity contribution in [2.75, 3.05) is 31.1 Å². The van der Waals surface area contributed by atoms with Crippen molar-refractivity contribution >= 4 is 11.6 Å². The highest BCUT2D eigenvalue weighted by Gasteiger charge is 2.23. The first-order valence-corrected chi connectivity index (χ1v) is 8.65. The highest BCUT2D eigenvalue weighted by atomic mass is 16.2. The fourth-order valence-corrected chi connectivity index (χ4v) is 3.41. The van der Waals surface area contributed by atoms with Gasteiger partial charge in [0.2, 0.25) is 5.91 Å². The molecule has 0 aliphatic carbocycles. The van der Waals surface area contributed by atoms with Gasteiger partial charge in [0.05, 0.1) is 11.7 Å². The van der Waals surface area contributed by atoms with E-state index >= 15 is 0 Å². The largest absolute Gasteiger partial charge is 0.368 e. The molecule has 5 heteroatoms. The first-order valence-electron chi connectivity index (χ1n) is 8.65. The molecule has 0 bridgehead atoms. The number of carbonyl (C=O) groups excluding carboxylic acids is 1. The van der Waals surface area contributed by atoms with Crippen molar-refractivity contribution < 1.29 is 4.79 Å². The van der Waals surface area contributed by atoms with Gasteiger partial charge in [-0.25, -0.2) is 0 Å². The SMILES string of the molecule is Cc1cc(C)n([C@H](C)CC(=O)N2CCN(c3ccccc3)CC2)n1. The van der Waals surface area contributed by atoms with Gasteiger partial charge in [-0.2, -0.15) is 5.10 Å². The molecule has 0 saturated carbocycles. The van der Waals surface area contributed by atoms with Crippen LogP contribution in [0.1, 0.15) is 30.8 Å². The monoisotopic (exact) mass is 326 g/mol. The van der Waals surface area contributed by atoms with Crippen LogP contribution in [0.4, 0.5) is 5.69 Å². The Balaban J connectivity index is 1.54. The molecule has 1 aliphatic heterocycles. The summed E-state index contributed by atoms with van der Waals surface area (Å²) in [6.07, 6.45) is 0.507. The lowest BCUT2D eigenvalue weighted by Gasteiger charge is -2.36. The van der Waals surface area contributed by atoms with E-state index < -0.39 is 0 Å². The van der Waals surface area contributed by atoms with E-state index in [1.807, 2.05) is 29.5 Å². The maximum atomic E-state index is 12.6. The van der Waals surface area contributed by atoms with Crippen LogP contribution in [0, 0.1) is 13.8 Å². The van der Waals surface area contributed by atoms with Crippen LogP contribution in [0.15, 0.2) is 36.4 Å². The summed E-state index contributed by atoms with van der Waals surface area (Å²) in [5.74, 6) is 0.225.